The van der Waals surface area contributed by atoms with E-state index in [9.17, 15) is 25.6 Å². The quantitative estimate of drug-likeness (QED) is 0.588. The van der Waals surface area contributed by atoms with Gasteiger partial charge in [0.15, 0.2) is 0 Å². The van der Waals surface area contributed by atoms with Gasteiger partial charge in [-0.15, -0.1) is 0 Å². The molecule has 4 aliphatic rings. The van der Waals surface area contributed by atoms with E-state index in [2.05, 4.69) is 0 Å². The van der Waals surface area contributed by atoms with Crippen LogP contribution in [-0.4, -0.2) is 31.5 Å². The van der Waals surface area contributed by atoms with Crippen molar-refractivity contribution < 1.29 is 30.2 Å². The number of hydrogen-bond acceptors (Lipinski definition) is 4. The molecule has 3 atom stereocenters. The van der Waals surface area contributed by atoms with Gasteiger partial charge in [0.05, 0.1) is 5.54 Å². The number of halogens is 2. The van der Waals surface area contributed by atoms with Crippen LogP contribution in [0.1, 0.15) is 25.7 Å². The van der Waals surface area contributed by atoms with E-state index in [4.69, 9.17) is 4.55 Å². The van der Waals surface area contributed by atoms with Crippen LogP contribution < -0.4 is 4.72 Å². The minimum Gasteiger partial charge on any atom is -0.280 e. The molecular formula is C10H13F2NO5S2. The van der Waals surface area contributed by atoms with Crippen molar-refractivity contribution in [2.24, 2.45) is 11.8 Å². The minimum absolute atomic E-state index is 0.199. The Morgan fingerprint density at radius 2 is 1.95 bits per heavy atom. The first-order valence-corrected chi connectivity index (χ1v) is 9.00. The molecule has 0 radical (unpaired) electrons. The molecule has 0 spiro atoms. The van der Waals surface area contributed by atoms with Crippen molar-refractivity contribution in [2.45, 2.75) is 35.8 Å². The highest BCUT2D eigenvalue weighted by atomic mass is 32.3. The van der Waals surface area contributed by atoms with Gasteiger partial charge in [-0.25, -0.2) is 8.42 Å². The fourth-order valence-corrected chi connectivity index (χ4v) is 5.88. The van der Waals surface area contributed by atoms with E-state index in [1.807, 2.05) is 10.8 Å². The molecule has 0 heterocycles. The third-order valence-electron chi connectivity index (χ3n) is 4.46. The average Bonchev–Trinajstić information content (AvgIpc) is 2.25. The Kier molecular flexibility index (Phi) is 2.72. The minimum atomic E-state index is -6.04. The molecule has 0 amide bonds. The molecule has 0 aromatic carbocycles. The smallest absolute Gasteiger partial charge is 0.280 e. The van der Waals surface area contributed by atoms with Gasteiger partial charge in [0.25, 0.3) is 10.0 Å². The zero-order valence-electron chi connectivity index (χ0n) is 10.2. The largest absolute Gasteiger partial charge is 0.484 e. The van der Waals surface area contributed by atoms with Crippen LogP contribution in [0, 0.1) is 11.8 Å². The van der Waals surface area contributed by atoms with Gasteiger partial charge >= 0.3 is 14.7 Å². The highest BCUT2D eigenvalue weighted by Crippen LogP contribution is 2.60. The lowest BCUT2D eigenvalue weighted by Crippen LogP contribution is -2.67. The van der Waals surface area contributed by atoms with E-state index in [1.165, 1.54) is 0 Å². The summed E-state index contributed by atoms with van der Waals surface area (Å²) in [4.78, 5) is 0. The zero-order chi connectivity index (χ0) is 15.0. The van der Waals surface area contributed by atoms with Gasteiger partial charge < -0.3 is 0 Å². The Bertz CT molecular complexity index is 699. The molecule has 2 N–H and O–H groups in total. The lowest BCUT2D eigenvalue weighted by Gasteiger charge is -2.60. The Labute approximate surface area is 115 Å². The van der Waals surface area contributed by atoms with Crippen molar-refractivity contribution in [1.82, 2.24) is 4.72 Å². The molecule has 2 fully saturated rings. The van der Waals surface area contributed by atoms with Gasteiger partial charge in [0.1, 0.15) is 0 Å². The summed E-state index contributed by atoms with van der Waals surface area (Å²) < 4.78 is 76.2. The van der Waals surface area contributed by atoms with Crippen molar-refractivity contribution in [2.75, 3.05) is 0 Å². The average molecular weight is 329 g/mol. The predicted octanol–water partition coefficient (Wildman–Crippen LogP) is 0.843. The van der Waals surface area contributed by atoms with Crippen LogP contribution in [0.2, 0.25) is 0 Å². The second-order valence-electron chi connectivity index (χ2n) is 5.73. The monoisotopic (exact) mass is 329 g/mol. The van der Waals surface area contributed by atoms with E-state index in [0.717, 1.165) is 18.4 Å². The van der Waals surface area contributed by atoms with E-state index in [0.29, 0.717) is 12.8 Å². The van der Waals surface area contributed by atoms with Crippen LogP contribution in [0.15, 0.2) is 11.6 Å². The summed E-state index contributed by atoms with van der Waals surface area (Å²) in [6.45, 7) is 0. The first-order valence-electron chi connectivity index (χ1n) is 6.07. The molecule has 10 heteroatoms. The lowest BCUT2D eigenvalue weighted by atomic mass is 9.49. The molecule has 4 bridgehead atoms. The molecular weight excluding hydrogens is 316 g/mol. The molecule has 0 saturated heterocycles. The number of fused-ring (bicyclic) bond motifs is 1. The molecule has 0 aromatic rings. The summed E-state index contributed by atoms with van der Waals surface area (Å²) in [5.74, 6) is 0.429. The summed E-state index contributed by atoms with van der Waals surface area (Å²) in [6, 6.07) is 0. The van der Waals surface area contributed by atoms with Crippen LogP contribution in [0.3, 0.4) is 0 Å². The summed E-state index contributed by atoms with van der Waals surface area (Å²) in [6.07, 6.45) is 4.36. The first-order chi connectivity index (χ1) is 8.99. The van der Waals surface area contributed by atoms with Crippen LogP contribution in [0.25, 0.3) is 0 Å². The number of hydrogen-bond donors (Lipinski definition) is 2. The van der Waals surface area contributed by atoms with Crippen molar-refractivity contribution >= 4 is 20.1 Å². The summed E-state index contributed by atoms with van der Waals surface area (Å²) in [7, 11) is -11.6. The molecule has 0 aromatic heterocycles. The van der Waals surface area contributed by atoms with Crippen molar-refractivity contribution in [1.29, 1.82) is 0 Å². The van der Waals surface area contributed by atoms with E-state index < -0.39 is 30.3 Å². The summed E-state index contributed by atoms with van der Waals surface area (Å²) >= 11 is 0. The standard InChI is InChI=1S/C10H13F2NO5S2/c11-10(12,20(16,17)18)19(14,15)13-9-4-6-1-2-8(9)7(3-6)5-9/h2,6-7,13H,1,3-5H2,(H,16,17,18). The third kappa shape index (κ3) is 1.71. The second kappa shape index (κ2) is 3.79. The van der Waals surface area contributed by atoms with Crippen molar-refractivity contribution in [3.05, 3.63) is 11.6 Å². The maximum Gasteiger partial charge on any atom is 0.484 e. The van der Waals surface area contributed by atoms with Gasteiger partial charge in [-0.05, 0) is 43.1 Å². The third-order valence-corrected chi connectivity index (χ3v) is 7.63. The van der Waals surface area contributed by atoms with Crippen LogP contribution in [0.4, 0.5) is 8.78 Å². The predicted molar refractivity (Wildman–Crippen MR) is 64.8 cm³/mol. The Hall–Kier alpha value is -0.580. The van der Waals surface area contributed by atoms with Crippen LogP contribution in [0.5, 0.6) is 0 Å². The van der Waals surface area contributed by atoms with Crippen LogP contribution >= 0.6 is 0 Å². The fraction of sp³-hybridized carbons (Fsp3) is 0.800. The van der Waals surface area contributed by atoms with E-state index >= 15 is 0 Å². The number of rotatable bonds is 4. The highest BCUT2D eigenvalue weighted by molar-refractivity contribution is 8.06. The van der Waals surface area contributed by atoms with Crippen LogP contribution in [-0.2, 0) is 20.1 Å². The van der Waals surface area contributed by atoms with Gasteiger partial charge in [0.2, 0.25) is 0 Å². The lowest BCUT2D eigenvalue weighted by molar-refractivity contribution is 0.0814. The fourth-order valence-electron chi connectivity index (χ4n) is 3.73. The van der Waals surface area contributed by atoms with Gasteiger partial charge in [-0.2, -0.15) is 21.9 Å². The zero-order valence-corrected chi connectivity index (χ0v) is 11.8. The molecule has 114 valence electrons. The number of allylic oxidation sites excluding steroid dienone is 1. The summed E-state index contributed by atoms with van der Waals surface area (Å²) in [5.41, 5.74) is -0.312. The molecule has 2 saturated carbocycles. The molecule has 6 nitrogen and oxygen atoms in total. The summed E-state index contributed by atoms with van der Waals surface area (Å²) in [5, 5.41) is 0. The molecule has 4 aliphatic carbocycles. The topological polar surface area (TPSA) is 101 Å². The highest BCUT2D eigenvalue weighted by Gasteiger charge is 2.64. The number of nitrogens with one attached hydrogen (secondary N) is 1. The van der Waals surface area contributed by atoms with E-state index in [-0.39, 0.29) is 11.8 Å². The maximum atomic E-state index is 13.4. The van der Waals surface area contributed by atoms with E-state index in [1.54, 1.807) is 0 Å². The molecule has 3 unspecified atom stereocenters. The van der Waals surface area contributed by atoms with Gasteiger partial charge in [-0.3, -0.25) is 4.55 Å². The van der Waals surface area contributed by atoms with Crippen molar-refractivity contribution in [3.8, 4) is 0 Å². The van der Waals surface area contributed by atoms with Crippen molar-refractivity contribution in [3.63, 3.8) is 0 Å². The normalized spacial score (nSPS) is 36.5. The maximum absolute atomic E-state index is 13.4. The number of sulfonamides is 1. The van der Waals surface area contributed by atoms with Gasteiger partial charge in [-0.1, -0.05) is 6.08 Å². The Morgan fingerprint density at radius 1 is 1.30 bits per heavy atom. The van der Waals surface area contributed by atoms with Gasteiger partial charge in [0, 0.05) is 0 Å². The number of alkyl halides is 2. The molecule has 4 rings (SSSR count). The molecule has 20 heavy (non-hydrogen) atoms. The Balaban J connectivity index is 1.93. The molecule has 0 aliphatic heterocycles. The first kappa shape index (κ1) is 14.4. The Morgan fingerprint density at radius 3 is 2.40 bits per heavy atom. The second-order valence-corrected chi connectivity index (χ2v) is 9.17. The SMILES string of the molecule is O=S(=O)(O)C(F)(F)S(=O)(=O)NC12CC3CC=C1C(C3)C2.